The number of hydrogen-bond acceptors (Lipinski definition) is 7. The van der Waals surface area contributed by atoms with Crippen LogP contribution in [-0.4, -0.2) is 28.4 Å². The number of amides is 1. The molecule has 4 aromatic rings. The lowest BCUT2D eigenvalue weighted by molar-refractivity contribution is -0.118. The minimum Gasteiger partial charge on any atom is -0.454 e. The van der Waals surface area contributed by atoms with Gasteiger partial charge in [-0.05, 0) is 29.3 Å². The molecule has 1 amide bonds. The fourth-order valence-electron chi connectivity index (χ4n) is 3.13. The second kappa shape index (κ2) is 8.33. The molecule has 0 saturated heterocycles. The van der Waals surface area contributed by atoms with E-state index in [0.29, 0.717) is 12.3 Å². The lowest BCUT2D eigenvalue weighted by Crippen LogP contribution is -2.24. The summed E-state index contributed by atoms with van der Waals surface area (Å²) >= 11 is 3.05. The predicted octanol–water partition coefficient (Wildman–Crippen LogP) is 4.50. The number of nitrogens with zero attached hydrogens (tertiary/aromatic N) is 2. The van der Waals surface area contributed by atoms with Crippen molar-refractivity contribution >= 4 is 39.2 Å². The molecular formula is C22H17N3O3S2. The van der Waals surface area contributed by atoms with Crippen LogP contribution >= 0.6 is 23.1 Å². The number of rotatable bonds is 6. The molecule has 2 aromatic carbocycles. The maximum Gasteiger partial charge on any atom is 0.231 e. The predicted molar refractivity (Wildman–Crippen MR) is 118 cm³/mol. The molecule has 150 valence electrons. The highest BCUT2D eigenvalue weighted by Crippen LogP contribution is 2.36. The number of ether oxygens (including phenoxy) is 2. The fourth-order valence-corrected chi connectivity index (χ4v) is 5.00. The van der Waals surface area contributed by atoms with Gasteiger partial charge < -0.3 is 14.8 Å². The van der Waals surface area contributed by atoms with Gasteiger partial charge >= 0.3 is 0 Å². The quantitative estimate of drug-likeness (QED) is 0.355. The highest BCUT2D eigenvalue weighted by molar-refractivity contribution is 8.00. The van der Waals surface area contributed by atoms with Crippen LogP contribution in [0.25, 0.3) is 20.7 Å². The number of carbonyl (C=O) groups excluding carboxylic acids is 1. The molecule has 0 atom stereocenters. The lowest BCUT2D eigenvalue weighted by atomic mass is 10.2. The molecule has 30 heavy (non-hydrogen) atoms. The maximum atomic E-state index is 12.4. The molecule has 0 fully saturated rings. The first-order chi connectivity index (χ1) is 14.8. The number of thiophene rings is 1. The molecule has 8 heteroatoms. The van der Waals surface area contributed by atoms with E-state index in [9.17, 15) is 4.79 Å². The minimum absolute atomic E-state index is 0.0528. The largest absolute Gasteiger partial charge is 0.454 e. The van der Waals surface area contributed by atoms with Gasteiger partial charge in [0.15, 0.2) is 11.5 Å². The molecule has 0 aliphatic carbocycles. The van der Waals surface area contributed by atoms with Crippen LogP contribution in [0, 0.1) is 0 Å². The Morgan fingerprint density at radius 2 is 1.93 bits per heavy atom. The van der Waals surface area contributed by atoms with Crippen molar-refractivity contribution in [2.45, 2.75) is 11.6 Å². The van der Waals surface area contributed by atoms with Gasteiger partial charge in [-0.25, -0.2) is 9.97 Å². The second-order valence-electron chi connectivity index (χ2n) is 6.63. The molecule has 2 aromatic heterocycles. The first-order valence-electron chi connectivity index (χ1n) is 9.34. The van der Waals surface area contributed by atoms with Crippen LogP contribution in [-0.2, 0) is 11.3 Å². The van der Waals surface area contributed by atoms with Crippen LogP contribution in [0.2, 0.25) is 0 Å². The average molecular weight is 436 g/mol. The second-order valence-corrected chi connectivity index (χ2v) is 8.62. The van der Waals surface area contributed by atoms with Crippen LogP contribution < -0.4 is 14.8 Å². The highest BCUT2D eigenvalue weighted by atomic mass is 32.2. The third-order valence-electron chi connectivity index (χ3n) is 4.62. The van der Waals surface area contributed by atoms with Gasteiger partial charge in [-0.2, -0.15) is 0 Å². The Bertz CT molecular complexity index is 1210. The van der Waals surface area contributed by atoms with E-state index >= 15 is 0 Å². The van der Waals surface area contributed by atoms with Gasteiger partial charge in [0.05, 0.1) is 5.75 Å². The molecule has 0 bridgehead atoms. The zero-order chi connectivity index (χ0) is 20.3. The zero-order valence-electron chi connectivity index (χ0n) is 15.8. The van der Waals surface area contributed by atoms with Crippen LogP contribution in [0.4, 0.5) is 0 Å². The molecule has 1 aliphatic rings. The Kier molecular flexibility index (Phi) is 5.25. The van der Waals surface area contributed by atoms with Crippen LogP contribution in [0.15, 0.2) is 66.0 Å². The number of benzene rings is 2. The summed E-state index contributed by atoms with van der Waals surface area (Å²) in [6, 6.07) is 18.0. The number of aromatic nitrogens is 2. The van der Waals surface area contributed by atoms with Gasteiger partial charge in [0.25, 0.3) is 0 Å². The number of nitrogens with one attached hydrogen (secondary N) is 1. The van der Waals surface area contributed by atoms with E-state index in [4.69, 9.17) is 9.47 Å². The van der Waals surface area contributed by atoms with Gasteiger partial charge in [0.1, 0.15) is 16.2 Å². The summed E-state index contributed by atoms with van der Waals surface area (Å²) < 4.78 is 10.7. The van der Waals surface area contributed by atoms with E-state index in [1.807, 2.05) is 36.4 Å². The van der Waals surface area contributed by atoms with Crippen LogP contribution in [0.3, 0.4) is 0 Å². The molecule has 1 N–H and O–H groups in total. The first kappa shape index (κ1) is 18.9. The monoisotopic (exact) mass is 435 g/mol. The van der Waals surface area contributed by atoms with Crippen molar-refractivity contribution in [2.24, 2.45) is 0 Å². The maximum absolute atomic E-state index is 12.4. The van der Waals surface area contributed by atoms with Gasteiger partial charge in [-0.3, -0.25) is 4.79 Å². The molecule has 5 rings (SSSR count). The summed E-state index contributed by atoms with van der Waals surface area (Å²) in [6.45, 7) is 0.676. The van der Waals surface area contributed by atoms with Crippen molar-refractivity contribution in [2.75, 3.05) is 12.5 Å². The Labute approximate surface area is 181 Å². The highest BCUT2D eigenvalue weighted by Gasteiger charge is 2.14. The van der Waals surface area contributed by atoms with Crippen molar-refractivity contribution in [1.82, 2.24) is 15.3 Å². The molecule has 0 unspecified atom stereocenters. The summed E-state index contributed by atoms with van der Waals surface area (Å²) in [5.74, 6) is 1.68. The molecular weight excluding hydrogens is 418 g/mol. The Morgan fingerprint density at radius 1 is 1.07 bits per heavy atom. The van der Waals surface area contributed by atoms with E-state index in [0.717, 1.165) is 37.0 Å². The van der Waals surface area contributed by atoms with Crippen LogP contribution in [0.1, 0.15) is 5.56 Å². The first-order valence-corrected chi connectivity index (χ1v) is 11.1. The number of fused-ring (bicyclic) bond motifs is 2. The van der Waals surface area contributed by atoms with Gasteiger partial charge in [-0.15, -0.1) is 11.3 Å². The van der Waals surface area contributed by atoms with Gasteiger partial charge in [0, 0.05) is 16.8 Å². The molecule has 0 radical (unpaired) electrons. The van der Waals surface area contributed by atoms with Gasteiger partial charge in [0.2, 0.25) is 12.7 Å². The SMILES string of the molecule is O=C(CSc1ncnc2sc(-c3ccccc3)cc12)NCc1ccc2c(c1)OCO2. The Morgan fingerprint density at radius 3 is 2.83 bits per heavy atom. The number of carbonyl (C=O) groups is 1. The number of thioether (sulfide) groups is 1. The lowest BCUT2D eigenvalue weighted by Gasteiger charge is -2.06. The van der Waals surface area contributed by atoms with E-state index in [1.54, 1.807) is 17.7 Å². The Hall–Kier alpha value is -3.10. The Balaban J connectivity index is 1.23. The third kappa shape index (κ3) is 3.96. The molecule has 3 heterocycles. The van der Waals surface area contributed by atoms with Crippen molar-refractivity contribution in [3.05, 3.63) is 66.5 Å². The average Bonchev–Trinajstić information content (AvgIpc) is 3.43. The van der Waals surface area contributed by atoms with Crippen LogP contribution in [0.5, 0.6) is 11.5 Å². The summed E-state index contributed by atoms with van der Waals surface area (Å²) in [5.41, 5.74) is 2.12. The van der Waals surface area contributed by atoms with Crippen molar-refractivity contribution in [1.29, 1.82) is 0 Å². The van der Waals surface area contributed by atoms with E-state index in [-0.39, 0.29) is 18.5 Å². The smallest absolute Gasteiger partial charge is 0.231 e. The molecule has 1 aliphatic heterocycles. The number of hydrogen-bond donors (Lipinski definition) is 1. The zero-order valence-corrected chi connectivity index (χ0v) is 17.5. The van der Waals surface area contributed by atoms with E-state index in [1.165, 1.54) is 11.8 Å². The fraction of sp³-hybridized carbons (Fsp3) is 0.136. The van der Waals surface area contributed by atoms with E-state index < -0.39 is 0 Å². The molecule has 0 spiro atoms. The molecule has 0 saturated carbocycles. The summed E-state index contributed by atoms with van der Waals surface area (Å²) in [6.07, 6.45) is 1.56. The minimum atomic E-state index is -0.0528. The van der Waals surface area contributed by atoms with Crippen molar-refractivity contribution < 1.29 is 14.3 Å². The summed E-state index contributed by atoms with van der Waals surface area (Å²) in [7, 11) is 0. The topological polar surface area (TPSA) is 73.3 Å². The van der Waals surface area contributed by atoms with Gasteiger partial charge in [-0.1, -0.05) is 48.2 Å². The van der Waals surface area contributed by atoms with E-state index in [2.05, 4.69) is 33.5 Å². The van der Waals surface area contributed by atoms with Crippen molar-refractivity contribution in [3.8, 4) is 21.9 Å². The van der Waals surface area contributed by atoms with Crippen molar-refractivity contribution in [3.63, 3.8) is 0 Å². The standard InChI is InChI=1S/C22H17N3O3S2/c26-20(23-10-14-6-7-17-18(8-14)28-13-27-17)11-29-21-16-9-19(15-4-2-1-3-5-15)30-22(16)25-12-24-21/h1-9,12H,10-11,13H2,(H,23,26). The normalized spacial score (nSPS) is 12.3. The molecule has 6 nitrogen and oxygen atoms in total. The summed E-state index contributed by atoms with van der Waals surface area (Å²) in [4.78, 5) is 23.2. The third-order valence-corrected chi connectivity index (χ3v) is 6.72. The summed E-state index contributed by atoms with van der Waals surface area (Å²) in [5, 5.41) is 4.74.